The fourth-order valence-corrected chi connectivity index (χ4v) is 4.04. The summed E-state index contributed by atoms with van der Waals surface area (Å²) in [6.07, 6.45) is 4.90. The Bertz CT molecular complexity index is 562. The Kier molecular flexibility index (Phi) is 5.55. The molecule has 0 radical (unpaired) electrons. The van der Waals surface area contributed by atoms with Crippen LogP contribution < -0.4 is 10.0 Å². The molecule has 1 aliphatic heterocycles. The van der Waals surface area contributed by atoms with Gasteiger partial charge in [0.15, 0.2) is 0 Å². The Morgan fingerprint density at radius 2 is 2.24 bits per heavy atom. The van der Waals surface area contributed by atoms with Gasteiger partial charge < -0.3 is 10.2 Å². The summed E-state index contributed by atoms with van der Waals surface area (Å²) in [7, 11) is -3.55. The van der Waals surface area contributed by atoms with Crippen LogP contribution in [0.1, 0.15) is 26.7 Å². The first-order chi connectivity index (χ1) is 10.1. The van der Waals surface area contributed by atoms with E-state index in [0.29, 0.717) is 12.2 Å². The predicted octanol–water partition coefficient (Wildman–Crippen LogP) is 1.28. The van der Waals surface area contributed by atoms with Gasteiger partial charge in [-0.1, -0.05) is 6.92 Å². The van der Waals surface area contributed by atoms with Crippen LogP contribution in [-0.2, 0) is 10.0 Å². The second-order valence-electron chi connectivity index (χ2n) is 5.26. The van der Waals surface area contributed by atoms with Crippen LogP contribution in [0.25, 0.3) is 0 Å². The van der Waals surface area contributed by atoms with E-state index in [9.17, 15) is 8.42 Å². The highest BCUT2D eigenvalue weighted by Crippen LogP contribution is 2.21. The van der Waals surface area contributed by atoms with Crippen molar-refractivity contribution in [1.82, 2.24) is 14.6 Å². The first-order valence-corrected chi connectivity index (χ1v) is 8.97. The minimum Gasteiger partial charge on any atom is -0.384 e. The zero-order valence-corrected chi connectivity index (χ0v) is 13.5. The third-order valence-corrected chi connectivity index (χ3v) is 5.26. The number of pyridine rings is 1. The van der Waals surface area contributed by atoms with Gasteiger partial charge in [-0.15, -0.1) is 0 Å². The number of nitrogens with zero attached hydrogens (tertiary/aromatic N) is 2. The van der Waals surface area contributed by atoms with E-state index in [1.54, 1.807) is 12.3 Å². The zero-order chi connectivity index (χ0) is 15.3. The van der Waals surface area contributed by atoms with E-state index in [1.807, 2.05) is 6.92 Å². The Morgan fingerprint density at radius 3 is 2.95 bits per heavy atom. The number of aromatic nitrogens is 1. The van der Waals surface area contributed by atoms with Crippen molar-refractivity contribution in [3.63, 3.8) is 0 Å². The lowest BCUT2D eigenvalue weighted by Crippen LogP contribution is -2.47. The van der Waals surface area contributed by atoms with Crippen molar-refractivity contribution in [1.29, 1.82) is 0 Å². The van der Waals surface area contributed by atoms with Gasteiger partial charge in [-0.2, -0.15) is 0 Å². The molecule has 1 fully saturated rings. The molecule has 2 rings (SSSR count). The van der Waals surface area contributed by atoms with E-state index in [4.69, 9.17) is 0 Å². The van der Waals surface area contributed by atoms with Crippen LogP contribution in [-0.4, -0.2) is 50.5 Å². The van der Waals surface area contributed by atoms with Gasteiger partial charge in [-0.25, -0.2) is 13.1 Å². The van der Waals surface area contributed by atoms with Crippen molar-refractivity contribution >= 4 is 15.7 Å². The Balaban J connectivity index is 2.15. The van der Waals surface area contributed by atoms with Crippen molar-refractivity contribution in [2.24, 2.45) is 0 Å². The van der Waals surface area contributed by atoms with Crippen LogP contribution in [0.15, 0.2) is 23.4 Å². The lowest BCUT2D eigenvalue weighted by Gasteiger charge is -2.32. The molecule has 2 heterocycles. The molecule has 0 bridgehead atoms. The second kappa shape index (κ2) is 7.20. The maximum atomic E-state index is 12.6. The Labute approximate surface area is 127 Å². The molecule has 1 saturated heterocycles. The highest BCUT2D eigenvalue weighted by molar-refractivity contribution is 7.89. The summed E-state index contributed by atoms with van der Waals surface area (Å²) in [6, 6.07) is 1.66. The average Bonchev–Trinajstić information content (AvgIpc) is 2.48. The van der Waals surface area contributed by atoms with E-state index in [0.717, 1.165) is 32.5 Å². The van der Waals surface area contributed by atoms with Crippen molar-refractivity contribution in [3.8, 4) is 0 Å². The Hall–Kier alpha value is -1.18. The maximum Gasteiger partial charge on any atom is 0.244 e. The molecule has 1 unspecified atom stereocenters. The first-order valence-electron chi connectivity index (χ1n) is 7.49. The largest absolute Gasteiger partial charge is 0.384 e. The lowest BCUT2D eigenvalue weighted by molar-refractivity contribution is 0.211. The van der Waals surface area contributed by atoms with Crippen LogP contribution in [0.5, 0.6) is 0 Å². The van der Waals surface area contributed by atoms with Crippen molar-refractivity contribution in [2.75, 3.05) is 31.5 Å². The molecule has 0 saturated carbocycles. The van der Waals surface area contributed by atoms with Gasteiger partial charge in [0.1, 0.15) is 4.90 Å². The van der Waals surface area contributed by atoms with Crippen LogP contribution in [0.4, 0.5) is 5.69 Å². The van der Waals surface area contributed by atoms with Gasteiger partial charge >= 0.3 is 0 Å². The van der Waals surface area contributed by atoms with Crippen LogP contribution in [0, 0.1) is 0 Å². The summed E-state index contributed by atoms with van der Waals surface area (Å²) >= 11 is 0. The molecule has 0 aliphatic carbocycles. The van der Waals surface area contributed by atoms with Gasteiger partial charge in [-0.05, 0) is 38.9 Å². The van der Waals surface area contributed by atoms with E-state index >= 15 is 0 Å². The normalized spacial score (nSPS) is 20.4. The highest BCUT2D eigenvalue weighted by atomic mass is 32.2. The molecule has 0 amide bonds. The van der Waals surface area contributed by atoms with Crippen LogP contribution >= 0.6 is 0 Å². The Morgan fingerprint density at radius 1 is 1.43 bits per heavy atom. The maximum absolute atomic E-state index is 12.6. The van der Waals surface area contributed by atoms with Crippen LogP contribution in [0.2, 0.25) is 0 Å². The van der Waals surface area contributed by atoms with Crippen molar-refractivity contribution < 1.29 is 8.42 Å². The summed E-state index contributed by atoms with van der Waals surface area (Å²) in [4.78, 5) is 6.44. The summed E-state index contributed by atoms with van der Waals surface area (Å²) in [6.45, 7) is 7.47. The quantitative estimate of drug-likeness (QED) is 0.827. The SMILES string of the molecule is CCNc1ccncc1S(=O)(=O)NC1CCCN(CC)C1. The highest BCUT2D eigenvalue weighted by Gasteiger charge is 2.26. The van der Waals surface area contributed by atoms with Gasteiger partial charge in [0.05, 0.1) is 5.69 Å². The van der Waals surface area contributed by atoms with Gasteiger partial charge in [0, 0.05) is 31.5 Å². The predicted molar refractivity (Wildman–Crippen MR) is 83.9 cm³/mol. The van der Waals surface area contributed by atoms with Crippen molar-refractivity contribution in [2.45, 2.75) is 37.6 Å². The van der Waals surface area contributed by atoms with E-state index in [-0.39, 0.29) is 10.9 Å². The molecule has 2 N–H and O–H groups in total. The molecule has 0 spiro atoms. The number of likely N-dealkylation sites (tertiary alicyclic amines) is 1. The molecule has 21 heavy (non-hydrogen) atoms. The van der Waals surface area contributed by atoms with Crippen molar-refractivity contribution in [3.05, 3.63) is 18.5 Å². The minimum atomic E-state index is -3.55. The number of rotatable bonds is 6. The topological polar surface area (TPSA) is 74.3 Å². The molecule has 1 atom stereocenters. The number of anilines is 1. The second-order valence-corrected chi connectivity index (χ2v) is 6.94. The summed E-state index contributed by atoms with van der Waals surface area (Å²) in [5.74, 6) is 0. The molecule has 7 heteroatoms. The number of likely N-dealkylation sites (N-methyl/N-ethyl adjacent to an activating group) is 1. The number of nitrogens with one attached hydrogen (secondary N) is 2. The van der Waals surface area contributed by atoms with Gasteiger partial charge in [-0.3, -0.25) is 4.98 Å². The molecule has 6 nitrogen and oxygen atoms in total. The molecule has 1 aliphatic rings. The third-order valence-electron chi connectivity index (χ3n) is 3.72. The monoisotopic (exact) mass is 312 g/mol. The van der Waals surface area contributed by atoms with E-state index in [2.05, 4.69) is 26.8 Å². The van der Waals surface area contributed by atoms with Gasteiger partial charge in [0.2, 0.25) is 10.0 Å². The molecule has 0 aromatic carbocycles. The number of hydrogen-bond donors (Lipinski definition) is 2. The number of piperidine rings is 1. The average molecular weight is 312 g/mol. The lowest BCUT2D eigenvalue weighted by atomic mass is 10.1. The van der Waals surface area contributed by atoms with Gasteiger partial charge in [0.25, 0.3) is 0 Å². The first kappa shape index (κ1) is 16.2. The fraction of sp³-hybridized carbons (Fsp3) is 0.643. The minimum absolute atomic E-state index is 0.0293. The zero-order valence-electron chi connectivity index (χ0n) is 12.7. The summed E-state index contributed by atoms with van der Waals surface area (Å²) in [5.41, 5.74) is 0.600. The molecule has 1 aromatic heterocycles. The molecule has 118 valence electrons. The van der Waals surface area contributed by atoms with Crippen LogP contribution in [0.3, 0.4) is 0 Å². The number of hydrogen-bond acceptors (Lipinski definition) is 5. The number of sulfonamides is 1. The molecular formula is C14H24N4O2S. The van der Waals surface area contributed by atoms with E-state index in [1.165, 1.54) is 6.20 Å². The summed E-state index contributed by atoms with van der Waals surface area (Å²) in [5, 5.41) is 3.07. The molecular weight excluding hydrogens is 288 g/mol. The molecule has 1 aromatic rings. The smallest absolute Gasteiger partial charge is 0.244 e. The summed E-state index contributed by atoms with van der Waals surface area (Å²) < 4.78 is 28.0. The fourth-order valence-electron chi connectivity index (χ4n) is 2.65. The third kappa shape index (κ3) is 4.15. The van der Waals surface area contributed by atoms with E-state index < -0.39 is 10.0 Å². The standard InChI is InChI=1S/C14H24N4O2S/c1-3-16-13-7-8-15-10-14(13)21(19,20)17-12-6-5-9-18(4-2)11-12/h7-8,10,12,17H,3-6,9,11H2,1-2H3,(H,15,16).